The average Bonchev–Trinajstić information content (AvgIpc) is 2.29. The van der Waals surface area contributed by atoms with Crippen molar-refractivity contribution in [2.24, 2.45) is 0 Å². The second kappa shape index (κ2) is 5.52. The number of benzene rings is 1. The van der Waals surface area contributed by atoms with Crippen molar-refractivity contribution in [1.29, 1.82) is 0 Å². The summed E-state index contributed by atoms with van der Waals surface area (Å²) in [7, 11) is 0. The smallest absolute Gasteiger partial charge is 0.307 e. The molecule has 1 heterocycles. The summed E-state index contributed by atoms with van der Waals surface area (Å²) in [5, 5.41) is 9.39. The van der Waals surface area contributed by atoms with Gasteiger partial charge in [-0.2, -0.15) is 0 Å². The van der Waals surface area contributed by atoms with Crippen LogP contribution in [0.4, 0.5) is 0 Å². The Morgan fingerprint density at radius 2 is 2.12 bits per heavy atom. The summed E-state index contributed by atoms with van der Waals surface area (Å²) >= 11 is 6.21. The van der Waals surface area contributed by atoms with E-state index >= 15 is 0 Å². The number of hydrogen-bond donors (Lipinski definition) is 1. The lowest BCUT2D eigenvalue weighted by atomic mass is 9.91. The summed E-state index contributed by atoms with van der Waals surface area (Å²) in [6.45, 7) is 1.55. The summed E-state index contributed by atoms with van der Waals surface area (Å²) in [5.41, 5.74) is 1.86. The van der Waals surface area contributed by atoms with Crippen molar-refractivity contribution in [3.8, 4) is 0 Å². The summed E-state index contributed by atoms with van der Waals surface area (Å²) in [6.07, 6.45) is 1.99. The van der Waals surface area contributed by atoms with E-state index in [1.54, 1.807) is 6.07 Å². The lowest BCUT2D eigenvalue weighted by molar-refractivity contribution is -0.136. The zero-order chi connectivity index (χ0) is 12.3. The fraction of sp³-hybridized carbons (Fsp3) is 0.462. The Morgan fingerprint density at radius 3 is 2.71 bits per heavy atom. The van der Waals surface area contributed by atoms with Gasteiger partial charge in [0.05, 0.1) is 6.42 Å². The summed E-state index contributed by atoms with van der Waals surface area (Å²) in [4.78, 5) is 10.6. The maximum absolute atomic E-state index is 10.6. The van der Waals surface area contributed by atoms with E-state index in [1.807, 2.05) is 12.1 Å². The first-order valence-electron chi connectivity index (χ1n) is 5.74. The SMILES string of the molecule is O=C(O)Cc1ccc(C2CCOCC2)c(Cl)c1. The Morgan fingerprint density at radius 1 is 1.41 bits per heavy atom. The molecule has 0 radical (unpaired) electrons. The van der Waals surface area contributed by atoms with Crippen LogP contribution in [0, 0.1) is 0 Å². The Balaban J connectivity index is 2.15. The molecule has 0 spiro atoms. The fourth-order valence-electron chi connectivity index (χ4n) is 2.19. The van der Waals surface area contributed by atoms with Crippen molar-refractivity contribution in [3.63, 3.8) is 0 Å². The minimum atomic E-state index is -0.833. The van der Waals surface area contributed by atoms with Crippen LogP contribution in [0.5, 0.6) is 0 Å². The van der Waals surface area contributed by atoms with E-state index in [0.717, 1.165) is 37.2 Å². The summed E-state index contributed by atoms with van der Waals surface area (Å²) in [5.74, 6) is -0.394. The van der Waals surface area contributed by atoms with Gasteiger partial charge in [-0.25, -0.2) is 0 Å². The van der Waals surface area contributed by atoms with Crippen LogP contribution in [-0.2, 0) is 16.0 Å². The van der Waals surface area contributed by atoms with Crippen LogP contribution in [0.15, 0.2) is 18.2 Å². The van der Waals surface area contributed by atoms with Crippen LogP contribution in [0.2, 0.25) is 5.02 Å². The van der Waals surface area contributed by atoms with Gasteiger partial charge in [0.15, 0.2) is 0 Å². The van der Waals surface area contributed by atoms with Crippen molar-refractivity contribution >= 4 is 17.6 Å². The molecule has 1 fully saturated rings. The molecule has 0 aromatic heterocycles. The predicted octanol–water partition coefficient (Wildman–Crippen LogP) is 2.86. The maximum atomic E-state index is 10.6. The van der Waals surface area contributed by atoms with Gasteiger partial charge in [0.1, 0.15) is 0 Å². The van der Waals surface area contributed by atoms with E-state index in [0.29, 0.717) is 10.9 Å². The number of carboxylic acid groups (broad SMARTS) is 1. The lowest BCUT2D eigenvalue weighted by Crippen LogP contribution is -2.14. The molecular formula is C13H15ClO3. The number of carbonyl (C=O) groups is 1. The zero-order valence-electron chi connectivity index (χ0n) is 9.49. The fourth-order valence-corrected chi connectivity index (χ4v) is 2.55. The normalized spacial score (nSPS) is 17.0. The van der Waals surface area contributed by atoms with E-state index in [4.69, 9.17) is 21.4 Å². The highest BCUT2D eigenvalue weighted by atomic mass is 35.5. The van der Waals surface area contributed by atoms with Crippen molar-refractivity contribution < 1.29 is 14.6 Å². The summed E-state index contributed by atoms with van der Waals surface area (Å²) in [6, 6.07) is 5.57. The largest absolute Gasteiger partial charge is 0.481 e. The van der Waals surface area contributed by atoms with Gasteiger partial charge in [-0.15, -0.1) is 0 Å². The second-order valence-electron chi connectivity index (χ2n) is 4.31. The molecule has 0 atom stereocenters. The first kappa shape index (κ1) is 12.4. The van der Waals surface area contributed by atoms with Crippen molar-refractivity contribution in [2.45, 2.75) is 25.2 Å². The maximum Gasteiger partial charge on any atom is 0.307 e. The number of carboxylic acids is 1. The second-order valence-corrected chi connectivity index (χ2v) is 4.72. The van der Waals surface area contributed by atoms with Crippen molar-refractivity contribution in [2.75, 3.05) is 13.2 Å². The third-order valence-electron chi connectivity index (χ3n) is 3.08. The molecule has 0 aliphatic carbocycles. The van der Waals surface area contributed by atoms with E-state index in [1.165, 1.54) is 0 Å². The Kier molecular flexibility index (Phi) is 4.02. The predicted molar refractivity (Wildman–Crippen MR) is 65.6 cm³/mol. The number of ether oxygens (including phenoxy) is 1. The van der Waals surface area contributed by atoms with Crippen molar-refractivity contribution in [1.82, 2.24) is 0 Å². The van der Waals surface area contributed by atoms with Gasteiger partial charge >= 0.3 is 5.97 Å². The Bertz CT molecular complexity index is 411. The minimum Gasteiger partial charge on any atom is -0.481 e. The number of hydrogen-bond acceptors (Lipinski definition) is 2. The molecule has 1 aliphatic rings. The van der Waals surface area contributed by atoms with Crippen LogP contribution in [0.3, 0.4) is 0 Å². The third-order valence-corrected chi connectivity index (χ3v) is 3.41. The molecule has 17 heavy (non-hydrogen) atoms. The molecule has 1 aromatic carbocycles. The molecule has 0 bridgehead atoms. The highest BCUT2D eigenvalue weighted by molar-refractivity contribution is 6.31. The molecule has 0 saturated carbocycles. The Labute approximate surface area is 105 Å². The van der Waals surface area contributed by atoms with Gasteiger partial charge in [0.25, 0.3) is 0 Å². The van der Waals surface area contributed by atoms with E-state index < -0.39 is 5.97 Å². The highest BCUT2D eigenvalue weighted by Crippen LogP contribution is 2.32. The quantitative estimate of drug-likeness (QED) is 0.902. The van der Waals surface area contributed by atoms with Gasteiger partial charge in [-0.1, -0.05) is 23.7 Å². The van der Waals surface area contributed by atoms with E-state index in [-0.39, 0.29) is 6.42 Å². The molecule has 4 heteroatoms. The molecule has 2 rings (SSSR count). The van der Waals surface area contributed by atoms with Crippen molar-refractivity contribution in [3.05, 3.63) is 34.3 Å². The Hall–Kier alpha value is -1.06. The first-order valence-corrected chi connectivity index (χ1v) is 6.12. The van der Waals surface area contributed by atoms with Gasteiger partial charge in [0, 0.05) is 18.2 Å². The molecular weight excluding hydrogens is 240 g/mol. The topological polar surface area (TPSA) is 46.5 Å². The van der Waals surface area contributed by atoms with Crippen LogP contribution in [0.1, 0.15) is 29.9 Å². The zero-order valence-corrected chi connectivity index (χ0v) is 10.2. The lowest BCUT2D eigenvalue weighted by Gasteiger charge is -2.23. The third kappa shape index (κ3) is 3.20. The number of rotatable bonds is 3. The average molecular weight is 255 g/mol. The first-order chi connectivity index (χ1) is 8.16. The molecule has 0 unspecified atom stereocenters. The van der Waals surface area contributed by atoms with Gasteiger partial charge < -0.3 is 9.84 Å². The summed E-state index contributed by atoms with van der Waals surface area (Å²) < 4.78 is 5.32. The molecule has 1 N–H and O–H groups in total. The standard InChI is InChI=1S/C13H15ClO3/c14-12-7-9(8-13(15)16)1-2-11(12)10-3-5-17-6-4-10/h1-2,7,10H,3-6,8H2,(H,15,16). The van der Waals surface area contributed by atoms with Crippen LogP contribution in [0.25, 0.3) is 0 Å². The van der Waals surface area contributed by atoms with Gasteiger partial charge in [-0.3, -0.25) is 4.79 Å². The van der Waals surface area contributed by atoms with Gasteiger partial charge in [0.2, 0.25) is 0 Å². The van der Waals surface area contributed by atoms with Gasteiger partial charge in [-0.05, 0) is 36.0 Å². The highest BCUT2D eigenvalue weighted by Gasteiger charge is 2.18. The molecule has 1 saturated heterocycles. The minimum absolute atomic E-state index is 0.0216. The van der Waals surface area contributed by atoms with Crippen LogP contribution < -0.4 is 0 Å². The molecule has 92 valence electrons. The number of aliphatic carboxylic acids is 1. The molecule has 3 nitrogen and oxygen atoms in total. The monoisotopic (exact) mass is 254 g/mol. The molecule has 0 amide bonds. The molecule has 1 aromatic rings. The molecule has 1 aliphatic heterocycles. The van der Waals surface area contributed by atoms with Crippen LogP contribution >= 0.6 is 11.6 Å². The number of halogens is 1. The van der Waals surface area contributed by atoms with Crippen LogP contribution in [-0.4, -0.2) is 24.3 Å². The van der Waals surface area contributed by atoms with E-state index in [2.05, 4.69) is 0 Å². The van der Waals surface area contributed by atoms with E-state index in [9.17, 15) is 4.79 Å².